The van der Waals surface area contributed by atoms with Crippen LogP contribution in [0.15, 0.2) is 41.3 Å². The van der Waals surface area contributed by atoms with Crippen molar-refractivity contribution in [1.82, 2.24) is 4.57 Å². The maximum Gasteiger partial charge on any atom is 0.250 e. The summed E-state index contributed by atoms with van der Waals surface area (Å²) in [5.74, 6) is 0.563. The Kier molecular flexibility index (Phi) is 4.52. The Balaban J connectivity index is 2.21. The Morgan fingerprint density at radius 3 is 2.76 bits per heavy atom. The summed E-state index contributed by atoms with van der Waals surface area (Å²) in [6, 6.07) is 8.58. The number of aromatic nitrogens is 1. The highest BCUT2D eigenvalue weighted by Gasteiger charge is 2.09. The lowest BCUT2D eigenvalue weighted by atomic mass is 10.1. The Morgan fingerprint density at radius 2 is 2.10 bits per heavy atom. The van der Waals surface area contributed by atoms with E-state index in [1.165, 1.54) is 7.11 Å². The van der Waals surface area contributed by atoms with Gasteiger partial charge in [-0.15, -0.1) is 0 Å². The summed E-state index contributed by atoms with van der Waals surface area (Å²) in [6.45, 7) is 4.57. The normalized spacial score (nSPS) is 12.0. The van der Waals surface area contributed by atoms with Crippen molar-refractivity contribution in [2.75, 3.05) is 12.4 Å². The van der Waals surface area contributed by atoms with Crippen molar-refractivity contribution in [1.29, 1.82) is 0 Å². The molecule has 1 unspecified atom stereocenters. The molecule has 1 aromatic heterocycles. The molecule has 0 fully saturated rings. The maximum absolute atomic E-state index is 11.6. The van der Waals surface area contributed by atoms with E-state index < -0.39 is 0 Å². The lowest BCUT2D eigenvalue weighted by Crippen LogP contribution is -2.18. The molecule has 2 aromatic rings. The number of nitrogens with one attached hydrogen (secondary N) is 1. The highest BCUT2D eigenvalue weighted by Crippen LogP contribution is 2.29. The Morgan fingerprint density at radius 1 is 1.33 bits per heavy atom. The minimum absolute atomic E-state index is 0.0120. The van der Waals surface area contributed by atoms with Gasteiger partial charge in [-0.05, 0) is 37.6 Å². The van der Waals surface area contributed by atoms with E-state index in [1.807, 2.05) is 19.9 Å². The van der Waals surface area contributed by atoms with Crippen LogP contribution in [0, 0.1) is 0 Å². The molecule has 5 nitrogen and oxygen atoms in total. The first-order chi connectivity index (χ1) is 10.0. The number of benzene rings is 1. The predicted molar refractivity (Wildman–Crippen MR) is 83.1 cm³/mol. The van der Waals surface area contributed by atoms with Crippen LogP contribution in [0.1, 0.15) is 25.5 Å². The monoisotopic (exact) mass is 288 g/mol. The number of phenolic OH excluding ortho intramolecular Hbond substituents is 1. The zero-order valence-electron chi connectivity index (χ0n) is 12.5. The van der Waals surface area contributed by atoms with Gasteiger partial charge in [-0.3, -0.25) is 4.79 Å². The lowest BCUT2D eigenvalue weighted by Gasteiger charge is -2.17. The molecular weight excluding hydrogens is 268 g/mol. The smallest absolute Gasteiger partial charge is 0.250 e. The zero-order valence-corrected chi connectivity index (χ0v) is 12.5. The van der Waals surface area contributed by atoms with Gasteiger partial charge in [0.05, 0.1) is 12.8 Å². The maximum atomic E-state index is 11.6. The quantitative estimate of drug-likeness (QED) is 0.888. The summed E-state index contributed by atoms with van der Waals surface area (Å²) >= 11 is 0. The Labute approximate surface area is 123 Å². The van der Waals surface area contributed by atoms with Crippen LogP contribution in [0.5, 0.6) is 11.5 Å². The first-order valence-electron chi connectivity index (χ1n) is 6.89. The second-order valence-corrected chi connectivity index (χ2v) is 4.84. The molecule has 0 amide bonds. The first kappa shape index (κ1) is 15.0. The van der Waals surface area contributed by atoms with E-state index >= 15 is 0 Å². The van der Waals surface area contributed by atoms with Crippen LogP contribution in [-0.2, 0) is 6.54 Å². The molecule has 1 aromatic carbocycles. The molecule has 5 heteroatoms. The van der Waals surface area contributed by atoms with Gasteiger partial charge >= 0.3 is 0 Å². The number of methoxy groups -OCH3 is 1. The highest BCUT2D eigenvalue weighted by molar-refractivity contribution is 5.47. The van der Waals surface area contributed by atoms with Crippen molar-refractivity contribution in [2.45, 2.75) is 26.4 Å². The van der Waals surface area contributed by atoms with Gasteiger partial charge in [0.25, 0.3) is 5.56 Å². The van der Waals surface area contributed by atoms with Crippen LogP contribution in [-0.4, -0.2) is 16.8 Å². The molecule has 0 aliphatic carbocycles. The zero-order chi connectivity index (χ0) is 15.4. The van der Waals surface area contributed by atoms with Crippen molar-refractivity contribution in [3.05, 3.63) is 52.4 Å². The molecule has 1 heterocycles. The van der Waals surface area contributed by atoms with Crippen molar-refractivity contribution < 1.29 is 9.84 Å². The second kappa shape index (κ2) is 6.35. The predicted octanol–water partition coefficient (Wildman–Crippen LogP) is 2.76. The van der Waals surface area contributed by atoms with E-state index in [9.17, 15) is 9.90 Å². The van der Waals surface area contributed by atoms with E-state index in [1.54, 1.807) is 35.0 Å². The minimum Gasteiger partial charge on any atom is -0.504 e. The summed E-state index contributed by atoms with van der Waals surface area (Å²) in [5, 5.41) is 13.0. The fourth-order valence-corrected chi connectivity index (χ4v) is 2.16. The molecule has 112 valence electrons. The van der Waals surface area contributed by atoms with Crippen molar-refractivity contribution in [3.63, 3.8) is 0 Å². The molecule has 0 aliphatic heterocycles. The van der Waals surface area contributed by atoms with Crippen molar-refractivity contribution in [3.8, 4) is 11.5 Å². The van der Waals surface area contributed by atoms with Crippen LogP contribution in [0.25, 0.3) is 0 Å². The van der Waals surface area contributed by atoms with Gasteiger partial charge in [-0.2, -0.15) is 0 Å². The summed E-state index contributed by atoms with van der Waals surface area (Å²) < 4.78 is 6.76. The number of rotatable bonds is 5. The van der Waals surface area contributed by atoms with Gasteiger partial charge in [0, 0.05) is 24.8 Å². The van der Waals surface area contributed by atoms with Crippen LogP contribution in [0.3, 0.4) is 0 Å². The van der Waals surface area contributed by atoms with Gasteiger partial charge in [0.1, 0.15) is 0 Å². The summed E-state index contributed by atoms with van der Waals surface area (Å²) in [5.41, 5.74) is 1.84. The minimum atomic E-state index is -0.0120. The molecular formula is C16H20N2O3. The molecule has 0 spiro atoms. The van der Waals surface area contributed by atoms with Crippen LogP contribution < -0.4 is 15.6 Å². The van der Waals surface area contributed by atoms with Gasteiger partial charge in [0.15, 0.2) is 11.5 Å². The van der Waals surface area contributed by atoms with Crippen LogP contribution in [0.4, 0.5) is 5.69 Å². The number of anilines is 1. The first-order valence-corrected chi connectivity index (χ1v) is 6.89. The fourth-order valence-electron chi connectivity index (χ4n) is 2.16. The number of nitrogens with zero attached hydrogens (tertiary/aromatic N) is 1. The third-order valence-corrected chi connectivity index (χ3v) is 3.41. The fraction of sp³-hybridized carbons (Fsp3) is 0.312. The van der Waals surface area contributed by atoms with Crippen LogP contribution in [0.2, 0.25) is 0 Å². The third kappa shape index (κ3) is 3.37. The van der Waals surface area contributed by atoms with E-state index in [0.717, 1.165) is 11.3 Å². The Bertz CT molecular complexity index is 679. The standard InChI is InChI=1S/C16H20N2O3/c1-4-18-10-13(6-8-16(18)20)17-11(2)12-5-7-14(19)15(9-12)21-3/h5-11,17,19H,4H2,1-3H3. The molecule has 2 rings (SSSR count). The van der Waals surface area contributed by atoms with Gasteiger partial charge in [0.2, 0.25) is 0 Å². The number of pyridine rings is 1. The number of ether oxygens (including phenoxy) is 1. The SMILES string of the molecule is CCn1cc(NC(C)c2ccc(O)c(OC)c2)ccc1=O. The number of hydrogen-bond donors (Lipinski definition) is 2. The summed E-state index contributed by atoms with van der Waals surface area (Å²) in [6.07, 6.45) is 1.80. The average Bonchev–Trinajstić information content (AvgIpc) is 2.49. The number of aryl methyl sites for hydroxylation is 1. The van der Waals surface area contributed by atoms with E-state index in [2.05, 4.69) is 5.32 Å². The second-order valence-electron chi connectivity index (χ2n) is 4.84. The Hall–Kier alpha value is -2.43. The molecule has 2 N–H and O–H groups in total. The number of phenols is 1. The molecule has 1 atom stereocenters. The highest BCUT2D eigenvalue weighted by atomic mass is 16.5. The van der Waals surface area contributed by atoms with Gasteiger partial charge in [-0.1, -0.05) is 6.07 Å². The van der Waals surface area contributed by atoms with Gasteiger partial charge in [-0.25, -0.2) is 0 Å². The van der Waals surface area contributed by atoms with Crippen LogP contribution >= 0.6 is 0 Å². The van der Waals surface area contributed by atoms with E-state index in [-0.39, 0.29) is 17.4 Å². The molecule has 0 bridgehead atoms. The van der Waals surface area contributed by atoms with Crippen molar-refractivity contribution >= 4 is 5.69 Å². The van der Waals surface area contributed by atoms with E-state index in [4.69, 9.17) is 4.74 Å². The summed E-state index contributed by atoms with van der Waals surface area (Å²) in [4.78, 5) is 11.6. The average molecular weight is 288 g/mol. The number of aromatic hydroxyl groups is 1. The van der Waals surface area contributed by atoms with E-state index in [0.29, 0.717) is 12.3 Å². The topological polar surface area (TPSA) is 63.5 Å². The largest absolute Gasteiger partial charge is 0.504 e. The third-order valence-electron chi connectivity index (χ3n) is 3.41. The van der Waals surface area contributed by atoms with Crippen molar-refractivity contribution in [2.24, 2.45) is 0 Å². The molecule has 0 radical (unpaired) electrons. The summed E-state index contributed by atoms with van der Waals surface area (Å²) in [7, 11) is 1.52. The molecule has 0 aliphatic rings. The van der Waals surface area contributed by atoms with Gasteiger partial charge < -0.3 is 19.7 Å². The lowest BCUT2D eigenvalue weighted by molar-refractivity contribution is 0.373. The number of hydrogen-bond acceptors (Lipinski definition) is 4. The molecule has 21 heavy (non-hydrogen) atoms. The molecule has 0 saturated carbocycles. The molecule has 0 saturated heterocycles.